The van der Waals surface area contributed by atoms with Crippen molar-refractivity contribution in [1.29, 1.82) is 0 Å². The van der Waals surface area contributed by atoms with Crippen molar-refractivity contribution < 1.29 is 22.3 Å². The Balaban J connectivity index is 1.70. The van der Waals surface area contributed by atoms with E-state index in [4.69, 9.17) is 16.3 Å². The second-order valence-electron chi connectivity index (χ2n) is 6.58. The van der Waals surface area contributed by atoms with Crippen LogP contribution >= 0.6 is 23.4 Å². The fourth-order valence-electron chi connectivity index (χ4n) is 3.32. The number of carbonyl (C=O) groups is 1. The van der Waals surface area contributed by atoms with Gasteiger partial charge >= 0.3 is 0 Å². The molecule has 4 rings (SSSR count). The molecule has 0 bridgehead atoms. The van der Waals surface area contributed by atoms with E-state index in [0.29, 0.717) is 23.0 Å². The van der Waals surface area contributed by atoms with Crippen LogP contribution in [-0.2, 0) is 14.8 Å². The summed E-state index contributed by atoms with van der Waals surface area (Å²) in [5.41, 5.74) is 0.775. The Hall–Kier alpha value is -1.65. The highest BCUT2D eigenvalue weighted by molar-refractivity contribution is 7.99. The lowest BCUT2D eigenvalue weighted by Crippen LogP contribution is -2.41. The van der Waals surface area contributed by atoms with E-state index in [1.807, 2.05) is 6.07 Å². The first kappa shape index (κ1) is 20.6. The zero-order valence-electron chi connectivity index (χ0n) is 15.3. The van der Waals surface area contributed by atoms with Gasteiger partial charge < -0.3 is 9.64 Å². The van der Waals surface area contributed by atoms with Crippen molar-refractivity contribution in [2.24, 2.45) is 0 Å². The van der Waals surface area contributed by atoms with Crippen molar-refractivity contribution in [1.82, 2.24) is 4.31 Å². The van der Waals surface area contributed by atoms with Gasteiger partial charge in [-0.05, 0) is 36.4 Å². The summed E-state index contributed by atoms with van der Waals surface area (Å²) in [5.74, 6) is -0.585. The number of ether oxygens (including phenoxy) is 1. The second kappa shape index (κ2) is 8.23. The number of sulfonamides is 1. The number of amides is 1. The van der Waals surface area contributed by atoms with Crippen molar-refractivity contribution in [2.75, 3.05) is 43.5 Å². The van der Waals surface area contributed by atoms with Crippen LogP contribution in [0.2, 0.25) is 5.02 Å². The van der Waals surface area contributed by atoms with Gasteiger partial charge in [-0.15, -0.1) is 11.8 Å². The number of hydrogen-bond donors (Lipinski definition) is 0. The molecular weight excluding hydrogens is 439 g/mol. The van der Waals surface area contributed by atoms with Crippen LogP contribution in [0.4, 0.5) is 10.1 Å². The maximum absolute atomic E-state index is 14.4. The average molecular weight is 457 g/mol. The predicted molar refractivity (Wildman–Crippen MR) is 110 cm³/mol. The molecule has 1 fully saturated rings. The Kier molecular flexibility index (Phi) is 5.85. The van der Waals surface area contributed by atoms with Crippen LogP contribution < -0.4 is 4.90 Å². The van der Waals surface area contributed by atoms with Crippen LogP contribution in [0.3, 0.4) is 0 Å². The molecule has 0 spiro atoms. The number of nitrogens with zero attached hydrogens (tertiary/aromatic N) is 2. The number of hydrogen-bond acceptors (Lipinski definition) is 5. The van der Waals surface area contributed by atoms with Crippen molar-refractivity contribution in [3.63, 3.8) is 0 Å². The number of benzene rings is 2. The smallest absolute Gasteiger partial charge is 0.258 e. The van der Waals surface area contributed by atoms with Gasteiger partial charge in [0.2, 0.25) is 10.0 Å². The molecule has 10 heteroatoms. The molecule has 0 N–H and O–H groups in total. The van der Waals surface area contributed by atoms with Crippen LogP contribution in [0.1, 0.15) is 10.4 Å². The first-order chi connectivity index (χ1) is 13.9. The molecule has 0 aliphatic carbocycles. The molecule has 0 saturated carbocycles. The van der Waals surface area contributed by atoms with Gasteiger partial charge in [0.25, 0.3) is 5.91 Å². The minimum Gasteiger partial charge on any atom is -0.379 e. The van der Waals surface area contributed by atoms with E-state index in [2.05, 4.69) is 0 Å². The first-order valence-corrected chi connectivity index (χ1v) is 11.8. The molecule has 0 unspecified atom stereocenters. The number of halogens is 2. The summed E-state index contributed by atoms with van der Waals surface area (Å²) in [6.07, 6.45) is 0. The van der Waals surface area contributed by atoms with Crippen LogP contribution in [-0.4, -0.2) is 57.2 Å². The fraction of sp³-hybridized carbons (Fsp3) is 0.316. The normalized spacial score (nSPS) is 17.8. The lowest BCUT2D eigenvalue weighted by molar-refractivity contribution is 0.0729. The second-order valence-corrected chi connectivity index (χ2v) is 10.1. The number of carbonyl (C=O) groups excluding carboxylic acids is 1. The molecule has 2 aliphatic heterocycles. The molecular formula is C19H18ClFN2O4S2. The lowest BCUT2D eigenvalue weighted by atomic mass is 10.1. The standard InChI is InChI=1S/C19H18ClFN2O4S2/c20-14-2-4-17-16(12-14)23(7-10-28-17)19(24)13-1-3-15(21)18(11-13)29(25,26)22-5-8-27-9-6-22/h1-4,11-12H,5-10H2. The van der Waals surface area contributed by atoms with Gasteiger partial charge in [-0.25, -0.2) is 12.8 Å². The summed E-state index contributed by atoms with van der Waals surface area (Å²) >= 11 is 7.71. The van der Waals surface area contributed by atoms with E-state index in [1.54, 1.807) is 28.8 Å². The Morgan fingerprint density at radius 3 is 2.62 bits per heavy atom. The first-order valence-electron chi connectivity index (χ1n) is 8.99. The lowest BCUT2D eigenvalue weighted by Gasteiger charge is -2.29. The summed E-state index contributed by atoms with van der Waals surface area (Å²) in [6.45, 7) is 1.25. The van der Waals surface area contributed by atoms with E-state index in [0.717, 1.165) is 17.0 Å². The molecule has 0 aromatic heterocycles. The van der Waals surface area contributed by atoms with E-state index >= 15 is 0 Å². The van der Waals surface area contributed by atoms with Gasteiger partial charge in [0.05, 0.1) is 18.9 Å². The fourth-order valence-corrected chi connectivity index (χ4v) is 5.96. The summed E-state index contributed by atoms with van der Waals surface area (Å²) in [4.78, 5) is 15.1. The van der Waals surface area contributed by atoms with Crippen molar-refractivity contribution in [3.8, 4) is 0 Å². The third-order valence-corrected chi connectivity index (χ3v) is 7.99. The molecule has 29 heavy (non-hydrogen) atoms. The number of fused-ring (bicyclic) bond motifs is 1. The maximum Gasteiger partial charge on any atom is 0.258 e. The average Bonchev–Trinajstić information content (AvgIpc) is 2.73. The van der Waals surface area contributed by atoms with Gasteiger partial charge in [-0.1, -0.05) is 11.6 Å². The Labute approximate surface area is 177 Å². The van der Waals surface area contributed by atoms with E-state index in [1.165, 1.54) is 10.4 Å². The Morgan fingerprint density at radius 1 is 1.10 bits per heavy atom. The van der Waals surface area contributed by atoms with Crippen LogP contribution in [0, 0.1) is 5.82 Å². The van der Waals surface area contributed by atoms with Crippen molar-refractivity contribution in [3.05, 3.63) is 52.8 Å². The molecule has 2 aromatic carbocycles. The summed E-state index contributed by atoms with van der Waals surface area (Å²) in [6, 6.07) is 8.76. The molecule has 6 nitrogen and oxygen atoms in total. The van der Waals surface area contributed by atoms with Gasteiger partial charge in [0, 0.05) is 40.9 Å². The zero-order valence-corrected chi connectivity index (χ0v) is 17.7. The van der Waals surface area contributed by atoms with Crippen molar-refractivity contribution in [2.45, 2.75) is 9.79 Å². The summed E-state index contributed by atoms with van der Waals surface area (Å²) in [7, 11) is -4.06. The zero-order chi connectivity index (χ0) is 20.6. The highest BCUT2D eigenvalue weighted by Gasteiger charge is 2.31. The highest BCUT2D eigenvalue weighted by Crippen LogP contribution is 2.37. The molecule has 1 saturated heterocycles. The van der Waals surface area contributed by atoms with Gasteiger partial charge in [0.1, 0.15) is 10.7 Å². The minimum atomic E-state index is -4.06. The predicted octanol–water partition coefficient (Wildman–Crippen LogP) is 3.25. The molecule has 2 aliphatic rings. The molecule has 0 atom stereocenters. The van der Waals surface area contributed by atoms with Crippen molar-refractivity contribution >= 4 is 45.0 Å². The highest BCUT2D eigenvalue weighted by atomic mass is 35.5. The maximum atomic E-state index is 14.4. The minimum absolute atomic E-state index is 0.107. The SMILES string of the molecule is O=C(c1ccc(F)c(S(=O)(=O)N2CCOCC2)c1)N1CCSc2ccc(Cl)cc21. The summed E-state index contributed by atoms with van der Waals surface area (Å²) < 4.78 is 46.6. The quantitative estimate of drug-likeness (QED) is 0.709. The molecule has 1 amide bonds. The molecule has 0 radical (unpaired) electrons. The van der Waals surface area contributed by atoms with E-state index in [-0.39, 0.29) is 31.9 Å². The third kappa shape index (κ3) is 4.02. The largest absolute Gasteiger partial charge is 0.379 e. The van der Waals surface area contributed by atoms with Gasteiger partial charge in [0.15, 0.2) is 0 Å². The topological polar surface area (TPSA) is 66.9 Å². The number of thioether (sulfide) groups is 1. The van der Waals surface area contributed by atoms with E-state index < -0.39 is 26.6 Å². The van der Waals surface area contributed by atoms with Gasteiger partial charge in [-0.2, -0.15) is 4.31 Å². The Bertz CT molecular complexity index is 1060. The molecule has 2 heterocycles. The number of morpholine rings is 1. The summed E-state index contributed by atoms with van der Waals surface area (Å²) in [5, 5.41) is 0.499. The Morgan fingerprint density at radius 2 is 1.86 bits per heavy atom. The monoisotopic (exact) mass is 456 g/mol. The molecule has 154 valence electrons. The van der Waals surface area contributed by atoms with Crippen LogP contribution in [0.25, 0.3) is 0 Å². The third-order valence-electron chi connectivity index (χ3n) is 4.80. The van der Waals surface area contributed by atoms with Crippen LogP contribution in [0.15, 0.2) is 46.2 Å². The number of rotatable bonds is 3. The van der Waals surface area contributed by atoms with E-state index in [9.17, 15) is 17.6 Å². The molecule has 2 aromatic rings. The number of anilines is 1. The van der Waals surface area contributed by atoms with Gasteiger partial charge in [-0.3, -0.25) is 4.79 Å². The van der Waals surface area contributed by atoms with Crippen LogP contribution in [0.5, 0.6) is 0 Å².